The molecule has 1 atom stereocenters. The van der Waals surface area contributed by atoms with Crippen LogP contribution in [0.2, 0.25) is 0 Å². The summed E-state index contributed by atoms with van der Waals surface area (Å²) in [6, 6.07) is 11.0. The van der Waals surface area contributed by atoms with E-state index in [9.17, 15) is 0 Å². The van der Waals surface area contributed by atoms with Crippen molar-refractivity contribution in [3.05, 3.63) is 35.9 Å². The predicted molar refractivity (Wildman–Crippen MR) is 60.1 cm³/mol. The lowest BCUT2D eigenvalue weighted by Gasteiger charge is -2.18. The van der Waals surface area contributed by atoms with Crippen molar-refractivity contribution >= 4 is 0 Å². The van der Waals surface area contributed by atoms with Gasteiger partial charge in [0.25, 0.3) is 0 Å². The second-order valence-electron chi connectivity index (χ2n) is 4.40. The highest BCUT2D eigenvalue weighted by Crippen LogP contribution is 2.28. The average Bonchev–Trinajstić information content (AvgIpc) is 2.72. The van der Waals surface area contributed by atoms with Crippen molar-refractivity contribution in [2.75, 3.05) is 0 Å². The Morgan fingerprint density at radius 3 is 2.43 bits per heavy atom. The molecule has 1 saturated carbocycles. The monoisotopic (exact) mass is 189 g/mol. The second-order valence-corrected chi connectivity index (χ2v) is 4.40. The van der Waals surface area contributed by atoms with Crippen LogP contribution in [0.15, 0.2) is 30.3 Å². The maximum Gasteiger partial charge on any atom is 0.0108 e. The summed E-state index contributed by atoms with van der Waals surface area (Å²) in [5, 5.41) is 0. The van der Waals surface area contributed by atoms with Crippen LogP contribution in [0.4, 0.5) is 0 Å². The zero-order chi connectivity index (χ0) is 9.80. The fourth-order valence-electron chi connectivity index (χ4n) is 2.44. The van der Waals surface area contributed by atoms with Gasteiger partial charge < -0.3 is 5.73 Å². The van der Waals surface area contributed by atoms with E-state index in [1.165, 1.54) is 31.2 Å². The molecule has 1 unspecified atom stereocenters. The fourth-order valence-corrected chi connectivity index (χ4v) is 2.44. The first-order chi connectivity index (χ1) is 6.86. The summed E-state index contributed by atoms with van der Waals surface area (Å²) in [4.78, 5) is 0. The smallest absolute Gasteiger partial charge is 0.0108 e. The average molecular weight is 189 g/mol. The number of nitrogens with two attached hydrogens (primary N) is 1. The van der Waals surface area contributed by atoms with Gasteiger partial charge in [-0.2, -0.15) is 0 Å². The molecule has 1 aliphatic rings. The van der Waals surface area contributed by atoms with Gasteiger partial charge in [-0.05, 0) is 30.7 Å². The maximum atomic E-state index is 6.21. The van der Waals surface area contributed by atoms with Gasteiger partial charge in [0.05, 0.1) is 0 Å². The quantitative estimate of drug-likeness (QED) is 0.777. The summed E-state index contributed by atoms with van der Waals surface area (Å²) >= 11 is 0. The maximum absolute atomic E-state index is 6.21. The lowest BCUT2D eigenvalue weighted by molar-refractivity contribution is 0.429. The van der Waals surface area contributed by atoms with Crippen LogP contribution in [-0.2, 0) is 6.42 Å². The van der Waals surface area contributed by atoms with Gasteiger partial charge in [-0.3, -0.25) is 0 Å². The van der Waals surface area contributed by atoms with Crippen molar-refractivity contribution < 1.29 is 0 Å². The Labute approximate surface area is 86.3 Å². The standard InChI is InChI=1S/C13H19N/c14-13(12-8-4-5-9-12)10-11-6-2-1-3-7-11/h1-3,6-7,12-13H,4-5,8-10,14H2. The van der Waals surface area contributed by atoms with E-state index in [1.54, 1.807) is 0 Å². The molecular formula is C13H19N. The Bertz CT molecular complexity index is 262. The normalized spacial score (nSPS) is 19.8. The van der Waals surface area contributed by atoms with E-state index in [0.29, 0.717) is 6.04 Å². The summed E-state index contributed by atoms with van der Waals surface area (Å²) in [5.74, 6) is 0.773. The first kappa shape index (κ1) is 9.72. The van der Waals surface area contributed by atoms with E-state index in [4.69, 9.17) is 5.73 Å². The Morgan fingerprint density at radius 2 is 1.79 bits per heavy atom. The Kier molecular flexibility index (Phi) is 3.20. The molecule has 0 aliphatic heterocycles. The molecule has 1 nitrogen and oxygen atoms in total. The van der Waals surface area contributed by atoms with E-state index in [-0.39, 0.29) is 0 Å². The lowest BCUT2D eigenvalue weighted by atomic mass is 9.93. The zero-order valence-electron chi connectivity index (χ0n) is 8.65. The van der Waals surface area contributed by atoms with E-state index in [1.807, 2.05) is 0 Å². The molecule has 0 spiro atoms. The molecular weight excluding hydrogens is 170 g/mol. The van der Waals surface area contributed by atoms with Crippen molar-refractivity contribution in [1.29, 1.82) is 0 Å². The van der Waals surface area contributed by atoms with Crippen LogP contribution in [0, 0.1) is 5.92 Å². The van der Waals surface area contributed by atoms with Gasteiger partial charge in [-0.15, -0.1) is 0 Å². The molecule has 0 aromatic heterocycles. The van der Waals surface area contributed by atoms with Gasteiger partial charge in [0.15, 0.2) is 0 Å². The summed E-state index contributed by atoms with van der Waals surface area (Å²) in [6.07, 6.45) is 6.49. The minimum Gasteiger partial charge on any atom is -0.327 e. The van der Waals surface area contributed by atoms with E-state index >= 15 is 0 Å². The van der Waals surface area contributed by atoms with Crippen molar-refractivity contribution in [2.45, 2.75) is 38.1 Å². The minimum atomic E-state index is 0.375. The molecule has 1 aliphatic carbocycles. The Balaban J connectivity index is 1.90. The van der Waals surface area contributed by atoms with Crippen molar-refractivity contribution in [2.24, 2.45) is 11.7 Å². The first-order valence-corrected chi connectivity index (χ1v) is 5.66. The fraction of sp³-hybridized carbons (Fsp3) is 0.538. The summed E-state index contributed by atoms with van der Waals surface area (Å²) < 4.78 is 0. The highest BCUT2D eigenvalue weighted by atomic mass is 14.7. The molecule has 1 aromatic carbocycles. The van der Waals surface area contributed by atoms with Gasteiger partial charge in [-0.25, -0.2) is 0 Å². The van der Waals surface area contributed by atoms with Gasteiger partial charge in [0.1, 0.15) is 0 Å². The number of hydrogen-bond acceptors (Lipinski definition) is 1. The molecule has 0 bridgehead atoms. The van der Waals surface area contributed by atoms with Crippen LogP contribution >= 0.6 is 0 Å². The third-order valence-corrected chi connectivity index (χ3v) is 3.32. The molecule has 2 N–H and O–H groups in total. The van der Waals surface area contributed by atoms with Crippen molar-refractivity contribution in [3.8, 4) is 0 Å². The molecule has 0 amide bonds. The Hall–Kier alpha value is -0.820. The molecule has 1 fully saturated rings. The summed E-state index contributed by atoms with van der Waals surface area (Å²) in [5.41, 5.74) is 7.59. The SMILES string of the molecule is NC(Cc1ccccc1)C1CCCC1. The molecule has 76 valence electrons. The van der Waals surface area contributed by atoms with Crippen molar-refractivity contribution in [3.63, 3.8) is 0 Å². The van der Waals surface area contributed by atoms with Crippen LogP contribution in [-0.4, -0.2) is 6.04 Å². The molecule has 0 heterocycles. The Morgan fingerprint density at radius 1 is 1.14 bits per heavy atom. The third-order valence-electron chi connectivity index (χ3n) is 3.32. The second kappa shape index (κ2) is 4.61. The first-order valence-electron chi connectivity index (χ1n) is 5.66. The third kappa shape index (κ3) is 2.36. The molecule has 2 rings (SSSR count). The molecule has 1 aromatic rings. The van der Waals surface area contributed by atoms with Crippen molar-refractivity contribution in [1.82, 2.24) is 0 Å². The van der Waals surface area contributed by atoms with E-state index < -0.39 is 0 Å². The van der Waals surface area contributed by atoms with Gasteiger partial charge >= 0.3 is 0 Å². The number of hydrogen-bond donors (Lipinski definition) is 1. The zero-order valence-corrected chi connectivity index (χ0v) is 8.65. The molecule has 14 heavy (non-hydrogen) atoms. The van der Waals surface area contributed by atoms with Crippen LogP contribution < -0.4 is 5.73 Å². The summed E-state index contributed by atoms with van der Waals surface area (Å²) in [6.45, 7) is 0. The highest BCUT2D eigenvalue weighted by Gasteiger charge is 2.21. The minimum absolute atomic E-state index is 0.375. The van der Waals surface area contributed by atoms with Gasteiger partial charge in [-0.1, -0.05) is 43.2 Å². The van der Waals surface area contributed by atoms with Crippen LogP contribution in [0.3, 0.4) is 0 Å². The van der Waals surface area contributed by atoms with Crippen LogP contribution in [0.5, 0.6) is 0 Å². The van der Waals surface area contributed by atoms with Gasteiger partial charge in [0.2, 0.25) is 0 Å². The lowest BCUT2D eigenvalue weighted by Crippen LogP contribution is -2.30. The topological polar surface area (TPSA) is 26.0 Å². The predicted octanol–water partition coefficient (Wildman–Crippen LogP) is 2.75. The number of rotatable bonds is 3. The largest absolute Gasteiger partial charge is 0.327 e. The van der Waals surface area contributed by atoms with Crippen LogP contribution in [0.1, 0.15) is 31.2 Å². The van der Waals surface area contributed by atoms with Gasteiger partial charge in [0, 0.05) is 6.04 Å². The highest BCUT2D eigenvalue weighted by molar-refractivity contribution is 5.16. The molecule has 1 heteroatoms. The number of benzene rings is 1. The van der Waals surface area contributed by atoms with E-state index in [2.05, 4.69) is 30.3 Å². The van der Waals surface area contributed by atoms with Crippen LogP contribution in [0.25, 0.3) is 0 Å². The molecule has 0 saturated heterocycles. The van der Waals surface area contributed by atoms with E-state index in [0.717, 1.165) is 12.3 Å². The molecule has 0 radical (unpaired) electrons. The summed E-state index contributed by atoms with van der Waals surface area (Å²) in [7, 11) is 0.